The molecule has 1 aromatic rings. The Kier molecular flexibility index (Phi) is 4.91. The molecule has 1 aromatic carbocycles. The van der Waals surface area contributed by atoms with Crippen LogP contribution < -0.4 is 0 Å². The minimum Gasteiger partial charge on any atom is -0.191 e. The van der Waals surface area contributed by atoms with Crippen molar-refractivity contribution in [2.75, 3.05) is 0 Å². The van der Waals surface area contributed by atoms with Crippen molar-refractivity contribution >= 4 is 31.9 Å². The minimum atomic E-state index is -6.05. The van der Waals surface area contributed by atoms with E-state index in [1.54, 1.807) is 0 Å². The van der Waals surface area contributed by atoms with Crippen LogP contribution in [0.25, 0.3) is 0 Å². The van der Waals surface area contributed by atoms with Gasteiger partial charge in [0.05, 0.1) is 0 Å². The van der Waals surface area contributed by atoms with Gasteiger partial charge in [-0.25, -0.2) is 0 Å². The molecule has 1 rings (SSSR count). The number of rotatable bonds is 2. The molecular weight excluding hydrogens is 470 g/mol. The van der Waals surface area contributed by atoms with Gasteiger partial charge in [-0.3, -0.25) is 0 Å². The Morgan fingerprint density at radius 1 is 0.545 bits per heavy atom. The first-order valence-electron chi connectivity index (χ1n) is 4.92. The van der Waals surface area contributed by atoms with E-state index in [9.17, 15) is 43.9 Å². The van der Waals surface area contributed by atoms with E-state index in [2.05, 4.69) is 31.9 Å². The second-order valence-electron chi connectivity index (χ2n) is 3.96. The molecule has 0 bridgehead atoms. The number of benzene rings is 1. The Morgan fingerprint density at radius 2 is 0.773 bits per heavy atom. The monoisotopic (exact) mass is 470 g/mol. The minimum absolute atomic E-state index is 0.132. The Labute approximate surface area is 132 Å². The summed E-state index contributed by atoms with van der Waals surface area (Å²) in [6.45, 7) is 0. The van der Waals surface area contributed by atoms with Crippen LogP contribution in [0.15, 0.2) is 21.1 Å². The molecule has 0 aliphatic rings. The summed E-state index contributed by atoms with van der Waals surface area (Å²) in [7, 11) is 0. The first-order valence-corrected chi connectivity index (χ1v) is 6.51. The summed E-state index contributed by atoms with van der Waals surface area (Å²) < 4.78 is 124. The van der Waals surface area contributed by atoms with Crippen molar-refractivity contribution in [1.82, 2.24) is 0 Å². The SMILES string of the molecule is FC(F)(F)C(F)(F)c1cc(Br)c(C(F)(F)C(F)(F)F)cc1Br. The fraction of sp³-hybridized carbons (Fsp3) is 0.400. The molecule has 0 atom stereocenters. The van der Waals surface area contributed by atoms with Gasteiger partial charge in [0, 0.05) is 20.1 Å². The van der Waals surface area contributed by atoms with Gasteiger partial charge in [-0.05, 0) is 12.1 Å². The topological polar surface area (TPSA) is 0 Å². The van der Waals surface area contributed by atoms with E-state index in [-0.39, 0.29) is 12.1 Å². The molecule has 0 N–H and O–H groups in total. The van der Waals surface area contributed by atoms with Gasteiger partial charge >= 0.3 is 24.2 Å². The lowest BCUT2D eigenvalue weighted by atomic mass is 10.0. The highest BCUT2D eigenvalue weighted by atomic mass is 79.9. The van der Waals surface area contributed by atoms with Gasteiger partial charge in [-0.2, -0.15) is 43.9 Å². The predicted octanol–water partition coefficient (Wildman–Crippen LogP) is 6.52. The third kappa shape index (κ3) is 3.22. The summed E-state index contributed by atoms with van der Waals surface area (Å²) >= 11 is 4.33. The van der Waals surface area contributed by atoms with Gasteiger partial charge < -0.3 is 0 Å². The third-order valence-corrected chi connectivity index (χ3v) is 3.76. The van der Waals surface area contributed by atoms with Crippen LogP contribution in [0.2, 0.25) is 0 Å². The van der Waals surface area contributed by atoms with Gasteiger partial charge in [0.2, 0.25) is 0 Å². The van der Waals surface area contributed by atoms with Gasteiger partial charge in [0.15, 0.2) is 0 Å². The molecule has 0 saturated carbocycles. The van der Waals surface area contributed by atoms with Crippen molar-refractivity contribution in [3.05, 3.63) is 32.2 Å². The van der Waals surface area contributed by atoms with Crippen molar-refractivity contribution < 1.29 is 43.9 Å². The van der Waals surface area contributed by atoms with E-state index in [1.165, 1.54) is 0 Å². The Hall–Kier alpha value is -0.520. The molecule has 12 heteroatoms. The molecule has 22 heavy (non-hydrogen) atoms. The largest absolute Gasteiger partial charge is 0.458 e. The summed E-state index contributed by atoms with van der Waals surface area (Å²) in [5.41, 5.74) is -3.60. The lowest BCUT2D eigenvalue weighted by Crippen LogP contribution is -2.36. The average molecular weight is 472 g/mol. The van der Waals surface area contributed by atoms with Crippen molar-refractivity contribution in [2.24, 2.45) is 0 Å². The predicted molar refractivity (Wildman–Crippen MR) is 61.7 cm³/mol. The first kappa shape index (κ1) is 19.5. The summed E-state index contributed by atoms with van der Waals surface area (Å²) in [6.07, 6.45) is -12.1. The highest BCUT2D eigenvalue weighted by Crippen LogP contribution is 2.51. The Balaban J connectivity index is 3.55. The third-order valence-electron chi connectivity index (χ3n) is 2.45. The number of halogens is 12. The van der Waals surface area contributed by atoms with Crippen LogP contribution in [-0.2, 0) is 11.8 Å². The molecule has 0 radical (unpaired) electrons. The number of alkyl halides is 10. The second-order valence-corrected chi connectivity index (χ2v) is 5.66. The fourth-order valence-electron chi connectivity index (χ4n) is 1.33. The second kappa shape index (κ2) is 5.53. The van der Waals surface area contributed by atoms with Gasteiger partial charge in [0.1, 0.15) is 0 Å². The van der Waals surface area contributed by atoms with E-state index in [0.717, 1.165) is 0 Å². The van der Waals surface area contributed by atoms with Gasteiger partial charge in [-0.15, -0.1) is 0 Å². The van der Waals surface area contributed by atoms with Crippen LogP contribution in [0.4, 0.5) is 43.9 Å². The lowest BCUT2D eigenvalue weighted by molar-refractivity contribution is -0.291. The van der Waals surface area contributed by atoms with E-state index in [0.29, 0.717) is 0 Å². The smallest absolute Gasteiger partial charge is 0.191 e. The molecule has 0 unspecified atom stereocenters. The summed E-state index contributed by atoms with van der Waals surface area (Å²) in [5, 5.41) is 0. The van der Waals surface area contributed by atoms with Crippen LogP contribution >= 0.6 is 31.9 Å². The number of hydrogen-bond donors (Lipinski definition) is 0. The molecule has 0 spiro atoms. The van der Waals surface area contributed by atoms with E-state index in [4.69, 9.17) is 0 Å². The molecular formula is C10H2Br2F10. The van der Waals surface area contributed by atoms with Crippen LogP contribution in [0.3, 0.4) is 0 Å². The molecule has 0 amide bonds. The summed E-state index contributed by atoms with van der Waals surface area (Å²) in [6, 6.07) is -0.265. The molecule has 0 aliphatic heterocycles. The normalized spacial score (nSPS) is 14.4. The van der Waals surface area contributed by atoms with Crippen molar-refractivity contribution in [3.8, 4) is 0 Å². The van der Waals surface area contributed by atoms with E-state index >= 15 is 0 Å². The average Bonchev–Trinajstić information content (AvgIpc) is 2.28. The van der Waals surface area contributed by atoms with Crippen LogP contribution in [-0.4, -0.2) is 12.4 Å². The zero-order valence-corrected chi connectivity index (χ0v) is 12.9. The van der Waals surface area contributed by atoms with Crippen LogP contribution in [0, 0.1) is 0 Å². The van der Waals surface area contributed by atoms with Crippen molar-refractivity contribution in [3.63, 3.8) is 0 Å². The molecule has 0 aliphatic carbocycles. The quantitative estimate of drug-likeness (QED) is 0.431. The maximum atomic E-state index is 13.2. The molecule has 0 nitrogen and oxygen atoms in total. The summed E-state index contributed by atoms with van der Waals surface area (Å²) in [4.78, 5) is 0. The van der Waals surface area contributed by atoms with Gasteiger partial charge in [-0.1, -0.05) is 31.9 Å². The molecule has 0 saturated heterocycles. The number of hydrogen-bond acceptors (Lipinski definition) is 0. The van der Waals surface area contributed by atoms with Gasteiger partial charge in [0.25, 0.3) is 0 Å². The standard InChI is InChI=1S/C10H2Br2F10/c11-5-1-3(7(13,14)9(17,18)19)6(12)2-4(5)8(15,16)10(20,21)22/h1-2H. The van der Waals surface area contributed by atoms with E-state index in [1.807, 2.05) is 0 Å². The molecule has 0 aromatic heterocycles. The Bertz CT molecular complexity index is 521. The molecule has 0 fully saturated rings. The highest BCUT2D eigenvalue weighted by Gasteiger charge is 2.62. The lowest BCUT2D eigenvalue weighted by Gasteiger charge is -2.25. The molecule has 0 heterocycles. The Morgan fingerprint density at radius 3 is 0.955 bits per heavy atom. The summed E-state index contributed by atoms with van der Waals surface area (Å²) in [5.74, 6) is -10.9. The maximum Gasteiger partial charge on any atom is 0.458 e. The fourth-order valence-corrected chi connectivity index (χ4v) is 2.52. The first-order chi connectivity index (χ1) is 9.53. The zero-order valence-electron chi connectivity index (χ0n) is 9.69. The van der Waals surface area contributed by atoms with Crippen LogP contribution in [0.1, 0.15) is 11.1 Å². The van der Waals surface area contributed by atoms with Crippen molar-refractivity contribution in [2.45, 2.75) is 24.2 Å². The van der Waals surface area contributed by atoms with Crippen LogP contribution in [0.5, 0.6) is 0 Å². The maximum absolute atomic E-state index is 13.2. The molecule has 126 valence electrons. The van der Waals surface area contributed by atoms with Crippen molar-refractivity contribution in [1.29, 1.82) is 0 Å². The highest BCUT2D eigenvalue weighted by molar-refractivity contribution is 9.11. The zero-order chi connectivity index (χ0) is 17.7. The van der Waals surface area contributed by atoms with E-state index < -0.39 is 44.3 Å².